The molecule has 0 aromatic carbocycles. The molecule has 1 saturated carbocycles. The van der Waals surface area contributed by atoms with Crippen LogP contribution in [0.4, 0.5) is 0 Å². The van der Waals surface area contributed by atoms with Crippen LogP contribution in [-0.4, -0.2) is 25.0 Å². The molecule has 0 saturated heterocycles. The first-order valence-electron chi connectivity index (χ1n) is 6.68. The van der Waals surface area contributed by atoms with E-state index in [9.17, 15) is 9.59 Å². The standard InChI is InChI=1S/C13H24N2O3/c1-10(8-14)12(17)18-11(16)7-13(9-15)5-3-2-4-6-13/h10H,2-9,14-15H2,1H3. The zero-order valence-electron chi connectivity index (χ0n) is 11.1. The van der Waals surface area contributed by atoms with Gasteiger partial charge in [0.25, 0.3) is 0 Å². The van der Waals surface area contributed by atoms with Crippen molar-refractivity contribution in [1.82, 2.24) is 0 Å². The average molecular weight is 256 g/mol. The molecule has 0 aromatic rings. The Labute approximate surface area is 108 Å². The minimum Gasteiger partial charge on any atom is -0.393 e. The second-order valence-electron chi connectivity index (χ2n) is 5.37. The summed E-state index contributed by atoms with van der Waals surface area (Å²) in [6.45, 7) is 2.31. The van der Waals surface area contributed by atoms with E-state index >= 15 is 0 Å². The molecule has 5 nitrogen and oxygen atoms in total. The fourth-order valence-electron chi connectivity index (χ4n) is 2.41. The van der Waals surface area contributed by atoms with Crippen molar-refractivity contribution in [2.24, 2.45) is 22.8 Å². The molecule has 0 aliphatic heterocycles. The SMILES string of the molecule is CC(CN)C(=O)OC(=O)CC1(CN)CCCCC1. The van der Waals surface area contributed by atoms with Crippen LogP contribution in [0.1, 0.15) is 45.4 Å². The van der Waals surface area contributed by atoms with Gasteiger partial charge in [-0.05, 0) is 24.8 Å². The van der Waals surface area contributed by atoms with Gasteiger partial charge in [0.2, 0.25) is 0 Å². The van der Waals surface area contributed by atoms with Gasteiger partial charge < -0.3 is 16.2 Å². The van der Waals surface area contributed by atoms with E-state index in [0.29, 0.717) is 6.54 Å². The third-order valence-electron chi connectivity index (χ3n) is 3.84. The Morgan fingerprint density at radius 2 is 1.83 bits per heavy atom. The molecular formula is C13H24N2O3. The Morgan fingerprint density at radius 1 is 1.22 bits per heavy atom. The average Bonchev–Trinajstić information content (AvgIpc) is 2.38. The van der Waals surface area contributed by atoms with Crippen molar-refractivity contribution in [3.05, 3.63) is 0 Å². The fourth-order valence-corrected chi connectivity index (χ4v) is 2.41. The summed E-state index contributed by atoms with van der Waals surface area (Å²) in [5.41, 5.74) is 11.0. The number of hydrogen-bond donors (Lipinski definition) is 2. The normalized spacial score (nSPS) is 20.2. The topological polar surface area (TPSA) is 95.4 Å². The Kier molecular flexibility index (Phi) is 5.75. The fraction of sp³-hybridized carbons (Fsp3) is 0.846. The van der Waals surface area contributed by atoms with Crippen LogP contribution in [-0.2, 0) is 14.3 Å². The minimum absolute atomic E-state index is 0.165. The maximum absolute atomic E-state index is 11.8. The van der Waals surface area contributed by atoms with E-state index < -0.39 is 17.9 Å². The van der Waals surface area contributed by atoms with Gasteiger partial charge in [0, 0.05) is 6.54 Å². The van der Waals surface area contributed by atoms with Crippen molar-refractivity contribution < 1.29 is 14.3 Å². The van der Waals surface area contributed by atoms with Crippen molar-refractivity contribution in [2.75, 3.05) is 13.1 Å². The van der Waals surface area contributed by atoms with E-state index in [1.807, 2.05) is 0 Å². The van der Waals surface area contributed by atoms with E-state index in [1.54, 1.807) is 6.92 Å². The van der Waals surface area contributed by atoms with Gasteiger partial charge in [-0.1, -0.05) is 26.2 Å². The molecule has 5 heteroatoms. The lowest BCUT2D eigenvalue weighted by molar-refractivity contribution is -0.163. The van der Waals surface area contributed by atoms with Crippen LogP contribution in [0.3, 0.4) is 0 Å². The highest BCUT2D eigenvalue weighted by atomic mass is 16.6. The summed E-state index contributed by atoms with van der Waals surface area (Å²) in [6.07, 6.45) is 5.51. The van der Waals surface area contributed by atoms with Gasteiger partial charge in [0.1, 0.15) is 0 Å². The molecule has 0 heterocycles. The van der Waals surface area contributed by atoms with E-state index in [-0.39, 0.29) is 18.4 Å². The Balaban J connectivity index is 2.49. The van der Waals surface area contributed by atoms with Gasteiger partial charge in [-0.15, -0.1) is 0 Å². The number of carbonyl (C=O) groups excluding carboxylic acids is 2. The van der Waals surface area contributed by atoms with Gasteiger partial charge in [-0.3, -0.25) is 9.59 Å². The number of rotatable bonds is 5. The van der Waals surface area contributed by atoms with E-state index in [1.165, 1.54) is 6.42 Å². The summed E-state index contributed by atoms with van der Waals surface area (Å²) in [7, 11) is 0. The first-order valence-corrected chi connectivity index (χ1v) is 6.68. The number of esters is 2. The van der Waals surface area contributed by atoms with Crippen molar-refractivity contribution in [3.8, 4) is 0 Å². The van der Waals surface area contributed by atoms with Crippen LogP contribution < -0.4 is 11.5 Å². The summed E-state index contributed by atoms with van der Waals surface area (Å²) >= 11 is 0. The summed E-state index contributed by atoms with van der Waals surface area (Å²) in [4.78, 5) is 23.2. The maximum Gasteiger partial charge on any atom is 0.317 e. The molecule has 1 aliphatic carbocycles. The minimum atomic E-state index is -0.537. The highest BCUT2D eigenvalue weighted by Crippen LogP contribution is 2.38. The van der Waals surface area contributed by atoms with Gasteiger partial charge >= 0.3 is 11.9 Å². The second kappa shape index (κ2) is 6.85. The molecular weight excluding hydrogens is 232 g/mol. The molecule has 0 radical (unpaired) electrons. The van der Waals surface area contributed by atoms with Gasteiger partial charge in [0.05, 0.1) is 12.3 Å². The van der Waals surface area contributed by atoms with E-state index in [0.717, 1.165) is 25.7 Å². The smallest absolute Gasteiger partial charge is 0.317 e. The van der Waals surface area contributed by atoms with Crippen LogP contribution in [0, 0.1) is 11.3 Å². The van der Waals surface area contributed by atoms with Crippen LogP contribution in [0.15, 0.2) is 0 Å². The lowest BCUT2D eigenvalue weighted by Gasteiger charge is -2.35. The molecule has 104 valence electrons. The monoisotopic (exact) mass is 256 g/mol. The number of ether oxygens (including phenoxy) is 1. The highest BCUT2D eigenvalue weighted by Gasteiger charge is 2.34. The highest BCUT2D eigenvalue weighted by molar-refractivity contribution is 5.87. The van der Waals surface area contributed by atoms with Crippen molar-refractivity contribution >= 4 is 11.9 Å². The third kappa shape index (κ3) is 4.07. The first kappa shape index (κ1) is 15.1. The molecule has 0 bridgehead atoms. The first-order chi connectivity index (χ1) is 8.53. The second-order valence-corrected chi connectivity index (χ2v) is 5.37. The Hall–Kier alpha value is -0.940. The largest absolute Gasteiger partial charge is 0.393 e. The van der Waals surface area contributed by atoms with E-state index in [4.69, 9.17) is 16.2 Å². The molecule has 1 aliphatic rings. The lowest BCUT2D eigenvalue weighted by Crippen LogP contribution is -2.36. The van der Waals surface area contributed by atoms with E-state index in [2.05, 4.69) is 0 Å². The number of nitrogens with two attached hydrogens (primary N) is 2. The predicted molar refractivity (Wildman–Crippen MR) is 68.5 cm³/mol. The third-order valence-corrected chi connectivity index (χ3v) is 3.84. The Bertz CT molecular complexity index is 299. The van der Waals surface area contributed by atoms with Crippen molar-refractivity contribution in [2.45, 2.75) is 45.4 Å². The zero-order valence-corrected chi connectivity index (χ0v) is 11.1. The molecule has 1 atom stereocenters. The van der Waals surface area contributed by atoms with Gasteiger partial charge in [-0.25, -0.2) is 0 Å². The summed E-state index contributed by atoms with van der Waals surface area (Å²) < 4.78 is 4.82. The number of hydrogen-bond acceptors (Lipinski definition) is 5. The van der Waals surface area contributed by atoms with Crippen LogP contribution in [0.25, 0.3) is 0 Å². The molecule has 1 unspecified atom stereocenters. The van der Waals surface area contributed by atoms with Crippen LogP contribution in [0.5, 0.6) is 0 Å². The Morgan fingerprint density at radius 3 is 2.33 bits per heavy atom. The van der Waals surface area contributed by atoms with Gasteiger partial charge in [-0.2, -0.15) is 0 Å². The molecule has 0 aromatic heterocycles. The van der Waals surface area contributed by atoms with Crippen molar-refractivity contribution in [1.29, 1.82) is 0 Å². The molecule has 1 rings (SSSR count). The quantitative estimate of drug-likeness (QED) is 0.564. The molecule has 1 fully saturated rings. The van der Waals surface area contributed by atoms with Crippen LogP contribution in [0.2, 0.25) is 0 Å². The summed E-state index contributed by atoms with van der Waals surface area (Å²) in [5, 5.41) is 0. The lowest BCUT2D eigenvalue weighted by atomic mass is 9.72. The maximum atomic E-state index is 11.8. The predicted octanol–water partition coefficient (Wildman–Crippen LogP) is 0.950. The number of carbonyl (C=O) groups is 2. The van der Waals surface area contributed by atoms with Crippen molar-refractivity contribution in [3.63, 3.8) is 0 Å². The molecule has 0 spiro atoms. The molecule has 0 amide bonds. The summed E-state index contributed by atoms with van der Waals surface area (Å²) in [6, 6.07) is 0. The van der Waals surface area contributed by atoms with Crippen LogP contribution >= 0.6 is 0 Å². The summed E-state index contributed by atoms with van der Waals surface area (Å²) in [5.74, 6) is -1.44. The molecule has 4 N–H and O–H groups in total. The van der Waals surface area contributed by atoms with Gasteiger partial charge in [0.15, 0.2) is 0 Å². The zero-order chi connectivity index (χ0) is 13.6. The molecule has 18 heavy (non-hydrogen) atoms.